The highest BCUT2D eigenvalue weighted by atomic mass is 19.2. The molecule has 0 N–H and O–H groups in total. The first-order valence-corrected chi connectivity index (χ1v) is 8.13. The second kappa shape index (κ2) is 7.69. The Morgan fingerprint density at radius 2 is 1.40 bits per heavy atom. The lowest BCUT2D eigenvalue weighted by Crippen LogP contribution is -2.47. The van der Waals surface area contributed by atoms with Crippen molar-refractivity contribution in [3.8, 4) is 0 Å². The quantitative estimate of drug-likeness (QED) is 0.760. The number of rotatable bonds is 5. The van der Waals surface area contributed by atoms with Crippen molar-refractivity contribution < 1.29 is 18.3 Å². The highest BCUT2D eigenvalue weighted by molar-refractivity contribution is 4.90. The molecule has 0 saturated heterocycles. The molecule has 0 aliphatic heterocycles. The van der Waals surface area contributed by atoms with Gasteiger partial charge in [0.1, 0.15) is 0 Å². The Bertz CT molecular complexity index is 280. The van der Waals surface area contributed by atoms with Gasteiger partial charge >= 0.3 is 0 Å². The maximum Gasteiger partial charge on any atom is 0.160 e. The van der Waals surface area contributed by atoms with E-state index in [0.717, 1.165) is 18.8 Å². The van der Waals surface area contributed by atoms with Crippen LogP contribution in [0.1, 0.15) is 52.4 Å². The number of alkyl halides is 2. The summed E-state index contributed by atoms with van der Waals surface area (Å²) < 4.78 is 38.9. The van der Waals surface area contributed by atoms with Crippen LogP contribution in [-0.2, 0) is 9.47 Å². The molecule has 0 heterocycles. The van der Waals surface area contributed by atoms with Gasteiger partial charge in [0.05, 0.1) is 12.2 Å². The molecule has 0 spiro atoms. The average Bonchev–Trinajstić information content (AvgIpc) is 2.45. The highest BCUT2D eigenvalue weighted by Crippen LogP contribution is 2.32. The lowest BCUT2D eigenvalue weighted by molar-refractivity contribution is -0.122. The van der Waals surface area contributed by atoms with Crippen molar-refractivity contribution >= 4 is 0 Å². The number of halogens is 2. The molecular formula is C16H28F2O2. The molecule has 0 aromatic carbocycles. The molecule has 118 valence electrons. The molecule has 20 heavy (non-hydrogen) atoms. The van der Waals surface area contributed by atoms with Crippen molar-refractivity contribution in [3.05, 3.63) is 0 Å². The van der Waals surface area contributed by atoms with E-state index in [1.165, 1.54) is 12.8 Å². The zero-order valence-electron chi connectivity index (χ0n) is 12.7. The summed E-state index contributed by atoms with van der Waals surface area (Å²) in [7, 11) is 0. The number of hydrogen-bond donors (Lipinski definition) is 0. The minimum atomic E-state index is -1.54. The minimum absolute atomic E-state index is 0.434. The lowest BCUT2D eigenvalue weighted by Gasteiger charge is -2.35. The summed E-state index contributed by atoms with van der Waals surface area (Å²) in [5.74, 6) is 1.33. The lowest BCUT2D eigenvalue weighted by atomic mass is 9.83. The van der Waals surface area contributed by atoms with Crippen LogP contribution >= 0.6 is 0 Å². The molecule has 2 aliphatic rings. The second-order valence-corrected chi connectivity index (χ2v) is 6.46. The van der Waals surface area contributed by atoms with Crippen LogP contribution in [0, 0.1) is 11.8 Å². The predicted molar refractivity (Wildman–Crippen MR) is 75.3 cm³/mol. The van der Waals surface area contributed by atoms with E-state index in [9.17, 15) is 8.78 Å². The van der Waals surface area contributed by atoms with Crippen LogP contribution in [0.5, 0.6) is 0 Å². The van der Waals surface area contributed by atoms with Gasteiger partial charge in [0.15, 0.2) is 12.3 Å². The van der Waals surface area contributed by atoms with E-state index in [2.05, 4.69) is 6.92 Å². The molecule has 2 fully saturated rings. The van der Waals surface area contributed by atoms with E-state index in [-0.39, 0.29) is 0 Å². The summed E-state index contributed by atoms with van der Waals surface area (Å²) in [6.07, 6.45) is 1.65. The van der Waals surface area contributed by atoms with E-state index >= 15 is 0 Å². The van der Waals surface area contributed by atoms with Crippen molar-refractivity contribution in [2.45, 2.75) is 76.9 Å². The third kappa shape index (κ3) is 4.14. The molecule has 0 aromatic heterocycles. The monoisotopic (exact) mass is 290 g/mol. The SMILES string of the molecule is CCOC1CCC(OCC2CCC(C)CC2)C(F)C1F. The third-order valence-corrected chi connectivity index (χ3v) is 4.81. The molecule has 2 nitrogen and oxygen atoms in total. The summed E-state index contributed by atoms with van der Waals surface area (Å²) in [6, 6.07) is 0. The van der Waals surface area contributed by atoms with Gasteiger partial charge in [-0.1, -0.05) is 19.8 Å². The molecular weight excluding hydrogens is 262 g/mol. The molecule has 0 amide bonds. The zero-order chi connectivity index (χ0) is 14.5. The fourth-order valence-corrected chi connectivity index (χ4v) is 3.38. The second-order valence-electron chi connectivity index (χ2n) is 6.46. The summed E-state index contributed by atoms with van der Waals surface area (Å²) in [5, 5.41) is 0. The van der Waals surface area contributed by atoms with Gasteiger partial charge in [-0.05, 0) is 44.4 Å². The third-order valence-electron chi connectivity index (χ3n) is 4.81. The number of ether oxygens (including phenoxy) is 2. The molecule has 4 heteroatoms. The van der Waals surface area contributed by atoms with Gasteiger partial charge in [0.2, 0.25) is 0 Å². The van der Waals surface area contributed by atoms with E-state index in [1.807, 2.05) is 6.92 Å². The molecule has 0 bridgehead atoms. The van der Waals surface area contributed by atoms with Crippen molar-refractivity contribution in [2.75, 3.05) is 13.2 Å². The van der Waals surface area contributed by atoms with Gasteiger partial charge in [0, 0.05) is 13.2 Å². The van der Waals surface area contributed by atoms with Crippen molar-refractivity contribution in [3.63, 3.8) is 0 Å². The fraction of sp³-hybridized carbons (Fsp3) is 1.00. The molecule has 0 radical (unpaired) electrons. The van der Waals surface area contributed by atoms with Crippen LogP contribution in [0.2, 0.25) is 0 Å². The Morgan fingerprint density at radius 3 is 1.95 bits per heavy atom. The van der Waals surface area contributed by atoms with Crippen molar-refractivity contribution in [2.24, 2.45) is 11.8 Å². The fourth-order valence-electron chi connectivity index (χ4n) is 3.38. The summed E-state index contributed by atoms with van der Waals surface area (Å²) >= 11 is 0. The van der Waals surface area contributed by atoms with Gasteiger partial charge in [-0.2, -0.15) is 0 Å². The Morgan fingerprint density at radius 1 is 0.850 bits per heavy atom. The summed E-state index contributed by atoms with van der Waals surface area (Å²) in [6.45, 7) is 5.11. The summed E-state index contributed by atoms with van der Waals surface area (Å²) in [4.78, 5) is 0. The molecule has 2 saturated carbocycles. The Labute approximate surface area is 121 Å². The average molecular weight is 290 g/mol. The van der Waals surface area contributed by atoms with Gasteiger partial charge in [-0.25, -0.2) is 8.78 Å². The van der Waals surface area contributed by atoms with Crippen LogP contribution in [0.15, 0.2) is 0 Å². The predicted octanol–water partition coefficient (Wildman–Crippen LogP) is 4.07. The minimum Gasteiger partial charge on any atom is -0.375 e. The molecule has 4 atom stereocenters. The first kappa shape index (κ1) is 16.2. The molecule has 2 aliphatic carbocycles. The van der Waals surface area contributed by atoms with E-state index in [0.29, 0.717) is 32.0 Å². The first-order chi connectivity index (χ1) is 9.61. The topological polar surface area (TPSA) is 18.5 Å². The van der Waals surface area contributed by atoms with Gasteiger partial charge in [-0.15, -0.1) is 0 Å². The molecule has 4 unspecified atom stereocenters. The first-order valence-electron chi connectivity index (χ1n) is 8.13. The normalized spacial score (nSPS) is 42.6. The van der Waals surface area contributed by atoms with Crippen LogP contribution in [0.4, 0.5) is 8.78 Å². The maximum atomic E-state index is 14.1. The highest BCUT2D eigenvalue weighted by Gasteiger charge is 2.41. The Hall–Kier alpha value is -0.220. The van der Waals surface area contributed by atoms with Crippen LogP contribution in [-0.4, -0.2) is 37.8 Å². The Balaban J connectivity index is 1.73. The summed E-state index contributed by atoms with van der Waals surface area (Å²) in [5.41, 5.74) is 0. The van der Waals surface area contributed by atoms with E-state index < -0.39 is 24.6 Å². The van der Waals surface area contributed by atoms with Crippen molar-refractivity contribution in [1.29, 1.82) is 0 Å². The smallest absolute Gasteiger partial charge is 0.160 e. The largest absolute Gasteiger partial charge is 0.375 e. The maximum absolute atomic E-state index is 14.1. The van der Waals surface area contributed by atoms with Crippen LogP contribution in [0.3, 0.4) is 0 Å². The van der Waals surface area contributed by atoms with Gasteiger partial charge in [-0.3, -0.25) is 0 Å². The Kier molecular flexibility index (Phi) is 6.21. The van der Waals surface area contributed by atoms with E-state index in [1.54, 1.807) is 0 Å². The van der Waals surface area contributed by atoms with Crippen LogP contribution < -0.4 is 0 Å². The standard InChI is InChI=1S/C16H28F2O2/c1-3-19-13-8-9-14(16(18)15(13)17)20-10-12-6-4-11(2)5-7-12/h11-16H,3-10H2,1-2H3. The number of hydrogen-bond acceptors (Lipinski definition) is 2. The van der Waals surface area contributed by atoms with Crippen LogP contribution in [0.25, 0.3) is 0 Å². The molecule has 0 aromatic rings. The van der Waals surface area contributed by atoms with Gasteiger partial charge in [0.25, 0.3) is 0 Å². The molecule has 2 rings (SSSR count). The van der Waals surface area contributed by atoms with Gasteiger partial charge < -0.3 is 9.47 Å². The van der Waals surface area contributed by atoms with E-state index in [4.69, 9.17) is 9.47 Å². The van der Waals surface area contributed by atoms with Crippen molar-refractivity contribution in [1.82, 2.24) is 0 Å². The zero-order valence-corrected chi connectivity index (χ0v) is 12.7.